The Hall–Kier alpha value is -3.02. The number of benzene rings is 3. The third-order valence-corrected chi connectivity index (χ3v) is 6.43. The molecule has 5 heteroatoms. The Balaban J connectivity index is 1.58. The molecular weight excluding hydrogens is 404 g/mol. The number of hydrogen-bond acceptors (Lipinski definition) is 5. The molecule has 1 unspecified atom stereocenters. The van der Waals surface area contributed by atoms with Crippen LogP contribution >= 0.6 is 0 Å². The Morgan fingerprint density at radius 3 is 2.28 bits per heavy atom. The largest absolute Gasteiger partial charge is 0.508 e. The lowest BCUT2D eigenvalue weighted by Crippen LogP contribution is -2.33. The molecule has 0 aromatic heterocycles. The smallest absolute Gasteiger partial charge is 0.153 e. The maximum atomic E-state index is 10.3. The number of aromatic hydroxyl groups is 2. The number of aryl methyl sites for hydroxylation is 4. The Kier molecular flexibility index (Phi) is 6.13. The topological polar surface area (TPSA) is 68.2 Å². The van der Waals surface area contributed by atoms with E-state index in [4.69, 9.17) is 14.5 Å². The average Bonchev–Trinajstić information content (AvgIpc) is 2.74. The lowest BCUT2D eigenvalue weighted by atomic mass is 9.92. The fourth-order valence-electron chi connectivity index (χ4n) is 4.15. The van der Waals surface area contributed by atoms with Gasteiger partial charge in [0.2, 0.25) is 0 Å². The number of phenols is 2. The van der Waals surface area contributed by atoms with Crippen molar-refractivity contribution >= 4 is 0 Å². The molecule has 1 aliphatic rings. The third-order valence-electron chi connectivity index (χ3n) is 6.43. The molecule has 2 N–H and O–H groups in total. The minimum absolute atomic E-state index is 0.0167. The predicted octanol–water partition coefficient (Wildman–Crippen LogP) is 5.83. The van der Waals surface area contributed by atoms with Crippen LogP contribution in [0.1, 0.15) is 50.6 Å². The van der Waals surface area contributed by atoms with Crippen LogP contribution in [0, 0.1) is 34.6 Å². The Morgan fingerprint density at radius 2 is 1.59 bits per heavy atom. The van der Waals surface area contributed by atoms with Crippen LogP contribution in [-0.4, -0.2) is 16.3 Å². The zero-order chi connectivity index (χ0) is 23.0. The minimum atomic E-state index is -0.465. The minimum Gasteiger partial charge on any atom is -0.508 e. The van der Waals surface area contributed by atoms with Gasteiger partial charge in [-0.15, -0.1) is 0 Å². The quantitative estimate of drug-likeness (QED) is 0.390. The van der Waals surface area contributed by atoms with Crippen LogP contribution in [0.5, 0.6) is 17.2 Å². The molecular formula is C27H30O5. The summed E-state index contributed by atoms with van der Waals surface area (Å²) in [5, 5.41) is 20.3. The van der Waals surface area contributed by atoms with Crippen LogP contribution in [0.3, 0.4) is 0 Å². The standard InChI is InChI=1S/C27H30O5/c1-15-6-7-21(10-16(15)2)27-26(13-23-24(29)11-22(28)12-25(23)31-27)32-30-14-20-8-17(3)19(5)18(4)9-20/h6-12,26-29H,13-14H2,1-5H3/t26-,27?/m1/s1. The predicted molar refractivity (Wildman–Crippen MR) is 123 cm³/mol. The summed E-state index contributed by atoms with van der Waals surface area (Å²) in [5.41, 5.74) is 8.65. The molecule has 0 saturated heterocycles. The SMILES string of the molecule is Cc1ccc(C2Oc3cc(O)cc(O)c3C[C@H]2OOCc2cc(C)c(C)c(C)c2)cc1C. The fraction of sp³-hybridized carbons (Fsp3) is 0.333. The fourth-order valence-corrected chi connectivity index (χ4v) is 4.15. The summed E-state index contributed by atoms with van der Waals surface area (Å²) in [6.45, 7) is 10.7. The van der Waals surface area contributed by atoms with E-state index in [1.54, 1.807) is 0 Å². The van der Waals surface area contributed by atoms with Crippen LogP contribution in [0.25, 0.3) is 0 Å². The Morgan fingerprint density at radius 1 is 0.875 bits per heavy atom. The van der Waals surface area contributed by atoms with Gasteiger partial charge in [-0.1, -0.05) is 30.3 Å². The zero-order valence-electron chi connectivity index (χ0n) is 19.2. The summed E-state index contributed by atoms with van der Waals surface area (Å²) in [5.74, 6) is 0.396. The second kappa shape index (κ2) is 8.85. The van der Waals surface area contributed by atoms with Crippen LogP contribution in [0.15, 0.2) is 42.5 Å². The number of hydrogen-bond donors (Lipinski definition) is 2. The molecule has 0 fully saturated rings. The molecule has 3 aromatic carbocycles. The first-order valence-corrected chi connectivity index (χ1v) is 10.9. The number of ether oxygens (including phenoxy) is 1. The number of phenolic OH excluding ortho intramolecular Hbond substituents is 2. The summed E-state index contributed by atoms with van der Waals surface area (Å²) < 4.78 is 6.22. The van der Waals surface area contributed by atoms with Crippen LogP contribution in [0.4, 0.5) is 0 Å². The molecule has 168 valence electrons. The van der Waals surface area contributed by atoms with Gasteiger partial charge in [0, 0.05) is 24.1 Å². The highest BCUT2D eigenvalue weighted by Crippen LogP contribution is 2.43. The van der Waals surface area contributed by atoms with Crippen LogP contribution in [-0.2, 0) is 22.8 Å². The summed E-state index contributed by atoms with van der Waals surface area (Å²) in [6.07, 6.45) is -0.512. The van der Waals surface area contributed by atoms with Gasteiger partial charge in [-0.05, 0) is 73.6 Å². The van der Waals surface area contributed by atoms with Crippen molar-refractivity contribution in [1.29, 1.82) is 0 Å². The first kappa shape index (κ1) is 22.2. The van der Waals surface area contributed by atoms with Gasteiger partial charge in [-0.3, -0.25) is 0 Å². The monoisotopic (exact) mass is 434 g/mol. The molecule has 0 saturated carbocycles. The van der Waals surface area contributed by atoms with Crippen molar-refractivity contribution in [3.05, 3.63) is 87.0 Å². The van der Waals surface area contributed by atoms with Crippen LogP contribution < -0.4 is 4.74 Å². The average molecular weight is 435 g/mol. The van der Waals surface area contributed by atoms with Crippen molar-refractivity contribution in [2.45, 2.75) is 59.9 Å². The van der Waals surface area contributed by atoms with Crippen molar-refractivity contribution in [2.75, 3.05) is 0 Å². The molecule has 3 aromatic rings. The molecule has 2 atom stereocenters. The van der Waals surface area contributed by atoms with Crippen LogP contribution in [0.2, 0.25) is 0 Å². The van der Waals surface area contributed by atoms with E-state index < -0.39 is 12.2 Å². The van der Waals surface area contributed by atoms with Crippen molar-refractivity contribution in [1.82, 2.24) is 0 Å². The second-order valence-electron chi connectivity index (χ2n) is 8.78. The first-order valence-electron chi connectivity index (χ1n) is 10.9. The van der Waals surface area contributed by atoms with Gasteiger partial charge < -0.3 is 14.9 Å². The van der Waals surface area contributed by atoms with Crippen molar-refractivity contribution < 1.29 is 24.7 Å². The molecule has 0 amide bonds. The van der Waals surface area contributed by atoms with Gasteiger partial charge in [0.15, 0.2) is 6.10 Å². The van der Waals surface area contributed by atoms with E-state index in [0.717, 1.165) is 16.7 Å². The van der Waals surface area contributed by atoms with Gasteiger partial charge in [0.05, 0.1) is 0 Å². The zero-order valence-corrected chi connectivity index (χ0v) is 19.2. The molecule has 4 rings (SSSR count). The van der Waals surface area contributed by atoms with E-state index >= 15 is 0 Å². The molecule has 0 spiro atoms. The maximum absolute atomic E-state index is 10.3. The lowest BCUT2D eigenvalue weighted by molar-refractivity contribution is -0.347. The van der Waals surface area contributed by atoms with E-state index in [-0.39, 0.29) is 11.5 Å². The third kappa shape index (κ3) is 4.45. The van der Waals surface area contributed by atoms with E-state index in [1.807, 2.05) is 6.07 Å². The van der Waals surface area contributed by atoms with Crippen molar-refractivity contribution in [2.24, 2.45) is 0 Å². The Bertz CT molecular complexity index is 1130. The summed E-state index contributed by atoms with van der Waals surface area (Å²) >= 11 is 0. The number of fused-ring (bicyclic) bond motifs is 1. The van der Waals surface area contributed by atoms with Gasteiger partial charge >= 0.3 is 0 Å². The summed E-state index contributed by atoms with van der Waals surface area (Å²) in [6, 6.07) is 13.2. The van der Waals surface area contributed by atoms with E-state index in [2.05, 4.69) is 58.9 Å². The van der Waals surface area contributed by atoms with E-state index in [0.29, 0.717) is 24.3 Å². The van der Waals surface area contributed by atoms with Gasteiger partial charge in [0.1, 0.15) is 30.0 Å². The lowest BCUT2D eigenvalue weighted by Gasteiger charge is -2.33. The molecule has 0 aliphatic carbocycles. The molecule has 5 nitrogen and oxygen atoms in total. The second-order valence-corrected chi connectivity index (χ2v) is 8.78. The summed E-state index contributed by atoms with van der Waals surface area (Å²) in [4.78, 5) is 11.6. The maximum Gasteiger partial charge on any atom is 0.153 e. The van der Waals surface area contributed by atoms with E-state index in [1.165, 1.54) is 34.4 Å². The molecule has 1 aliphatic heterocycles. The summed E-state index contributed by atoms with van der Waals surface area (Å²) in [7, 11) is 0. The van der Waals surface area contributed by atoms with Gasteiger partial charge in [-0.25, -0.2) is 9.78 Å². The molecule has 0 radical (unpaired) electrons. The van der Waals surface area contributed by atoms with Crippen molar-refractivity contribution in [3.63, 3.8) is 0 Å². The highest BCUT2D eigenvalue weighted by atomic mass is 17.2. The van der Waals surface area contributed by atoms with E-state index in [9.17, 15) is 10.2 Å². The Labute approximate surface area is 189 Å². The van der Waals surface area contributed by atoms with Crippen molar-refractivity contribution in [3.8, 4) is 17.2 Å². The normalized spacial score (nSPS) is 17.7. The number of rotatable bonds is 5. The highest BCUT2D eigenvalue weighted by molar-refractivity contribution is 5.51. The first-order chi connectivity index (χ1) is 15.2. The van der Waals surface area contributed by atoms with Gasteiger partial charge in [0.25, 0.3) is 0 Å². The van der Waals surface area contributed by atoms with Gasteiger partial charge in [-0.2, -0.15) is 0 Å². The molecule has 32 heavy (non-hydrogen) atoms. The molecule has 0 bridgehead atoms. The molecule has 1 heterocycles. The highest BCUT2D eigenvalue weighted by Gasteiger charge is 2.35.